The van der Waals surface area contributed by atoms with Crippen LogP contribution in [-0.2, 0) is 6.54 Å². The molecule has 0 aliphatic heterocycles. The highest BCUT2D eigenvalue weighted by Gasteiger charge is 2.09. The predicted molar refractivity (Wildman–Crippen MR) is 94.9 cm³/mol. The molecule has 0 radical (unpaired) electrons. The molecule has 0 aromatic heterocycles. The van der Waals surface area contributed by atoms with Crippen LogP contribution < -0.4 is 10.1 Å². The minimum atomic E-state index is 0.710. The Labute approximate surface area is 143 Å². The van der Waals surface area contributed by atoms with E-state index in [1.807, 2.05) is 6.07 Å². The smallest absolute Gasteiger partial charge is 0.138 e. The Hall–Kier alpha value is -0.270. The topological polar surface area (TPSA) is 21.3 Å². The van der Waals surface area contributed by atoms with Crippen LogP contribution >= 0.6 is 54.5 Å². The van der Waals surface area contributed by atoms with Gasteiger partial charge in [0.1, 0.15) is 5.75 Å². The zero-order chi connectivity index (χ0) is 13.8. The number of benzene rings is 2. The zero-order valence-corrected chi connectivity index (χ0v) is 15.5. The van der Waals surface area contributed by atoms with E-state index in [1.165, 1.54) is 3.57 Å². The standard InChI is InChI=1S/C14H12Br2INO/c1-19-14-9(6-10(15)7-13(14)16)8-18-12-4-2-11(17)3-5-12/h2-7,18H,8H2,1H3. The van der Waals surface area contributed by atoms with Gasteiger partial charge in [0.2, 0.25) is 0 Å². The van der Waals surface area contributed by atoms with Crippen molar-refractivity contribution in [1.82, 2.24) is 0 Å². The second-order valence-corrected chi connectivity index (χ2v) is 6.96. The van der Waals surface area contributed by atoms with E-state index in [-0.39, 0.29) is 0 Å². The summed E-state index contributed by atoms with van der Waals surface area (Å²) in [7, 11) is 1.68. The van der Waals surface area contributed by atoms with Crippen molar-refractivity contribution in [2.45, 2.75) is 6.54 Å². The van der Waals surface area contributed by atoms with E-state index in [9.17, 15) is 0 Å². The maximum atomic E-state index is 5.43. The van der Waals surface area contributed by atoms with Gasteiger partial charge in [0.05, 0.1) is 11.6 Å². The summed E-state index contributed by atoms with van der Waals surface area (Å²) < 4.78 is 8.63. The highest BCUT2D eigenvalue weighted by atomic mass is 127. The van der Waals surface area contributed by atoms with Crippen LogP contribution in [0.25, 0.3) is 0 Å². The van der Waals surface area contributed by atoms with Crippen LogP contribution in [0.5, 0.6) is 5.75 Å². The highest BCUT2D eigenvalue weighted by Crippen LogP contribution is 2.33. The summed E-state index contributed by atoms with van der Waals surface area (Å²) in [5.41, 5.74) is 2.20. The van der Waals surface area contributed by atoms with E-state index in [2.05, 4.69) is 90.1 Å². The fourth-order valence-corrected chi connectivity index (χ4v) is 3.57. The van der Waals surface area contributed by atoms with Gasteiger partial charge in [-0.25, -0.2) is 0 Å². The molecule has 0 atom stereocenters. The number of halogens is 3. The average Bonchev–Trinajstić information content (AvgIpc) is 2.37. The number of methoxy groups -OCH3 is 1. The van der Waals surface area contributed by atoms with E-state index in [4.69, 9.17) is 4.74 Å². The molecular weight excluding hydrogens is 485 g/mol. The monoisotopic (exact) mass is 495 g/mol. The van der Waals surface area contributed by atoms with Crippen LogP contribution in [0.15, 0.2) is 45.3 Å². The second kappa shape index (κ2) is 6.95. The normalized spacial score (nSPS) is 10.3. The number of ether oxygens (including phenoxy) is 1. The van der Waals surface area contributed by atoms with Crippen molar-refractivity contribution >= 4 is 60.1 Å². The molecule has 5 heteroatoms. The summed E-state index contributed by atoms with van der Waals surface area (Å²) in [6, 6.07) is 12.3. The first kappa shape index (κ1) is 15.1. The first-order valence-corrected chi connectivity index (χ1v) is 8.28. The molecular formula is C14H12Br2INO. The van der Waals surface area contributed by atoms with Gasteiger partial charge in [-0.15, -0.1) is 0 Å². The fourth-order valence-electron chi connectivity index (χ4n) is 1.74. The maximum Gasteiger partial charge on any atom is 0.138 e. The molecule has 2 aromatic carbocycles. The summed E-state index contributed by atoms with van der Waals surface area (Å²) in [5.74, 6) is 0.862. The average molecular weight is 497 g/mol. The summed E-state index contributed by atoms with van der Waals surface area (Å²) in [6.45, 7) is 0.710. The maximum absolute atomic E-state index is 5.43. The van der Waals surface area contributed by atoms with Crippen LogP contribution in [0.4, 0.5) is 5.69 Å². The minimum absolute atomic E-state index is 0.710. The van der Waals surface area contributed by atoms with Crippen molar-refractivity contribution in [1.29, 1.82) is 0 Å². The molecule has 0 amide bonds. The van der Waals surface area contributed by atoms with Gasteiger partial charge in [0, 0.05) is 25.8 Å². The fraction of sp³-hybridized carbons (Fsp3) is 0.143. The lowest BCUT2D eigenvalue weighted by Gasteiger charge is -2.13. The van der Waals surface area contributed by atoms with E-state index in [0.29, 0.717) is 6.54 Å². The quantitative estimate of drug-likeness (QED) is 0.569. The molecule has 0 bridgehead atoms. The third kappa shape index (κ3) is 4.10. The van der Waals surface area contributed by atoms with Gasteiger partial charge in [0.25, 0.3) is 0 Å². The first-order chi connectivity index (χ1) is 9.10. The van der Waals surface area contributed by atoms with Crippen molar-refractivity contribution in [3.05, 3.63) is 54.5 Å². The number of anilines is 1. The Morgan fingerprint density at radius 3 is 2.47 bits per heavy atom. The summed E-state index contributed by atoms with van der Waals surface area (Å²) in [5, 5.41) is 3.39. The summed E-state index contributed by atoms with van der Waals surface area (Å²) in [6.07, 6.45) is 0. The second-order valence-electron chi connectivity index (χ2n) is 3.94. The number of hydrogen-bond donors (Lipinski definition) is 1. The molecule has 2 aromatic rings. The molecule has 19 heavy (non-hydrogen) atoms. The molecule has 0 unspecified atom stereocenters. The molecule has 0 aliphatic carbocycles. The third-order valence-electron chi connectivity index (χ3n) is 2.62. The summed E-state index contributed by atoms with van der Waals surface area (Å²) in [4.78, 5) is 0. The van der Waals surface area contributed by atoms with Crippen molar-refractivity contribution in [2.75, 3.05) is 12.4 Å². The Balaban J connectivity index is 2.17. The van der Waals surface area contributed by atoms with Gasteiger partial charge in [-0.05, 0) is 74.9 Å². The summed E-state index contributed by atoms with van der Waals surface area (Å²) >= 11 is 9.30. The minimum Gasteiger partial charge on any atom is -0.495 e. The van der Waals surface area contributed by atoms with Crippen molar-refractivity contribution in [3.8, 4) is 5.75 Å². The van der Waals surface area contributed by atoms with E-state index in [1.54, 1.807) is 7.11 Å². The SMILES string of the molecule is COc1c(Br)cc(Br)cc1CNc1ccc(I)cc1. The first-order valence-electron chi connectivity index (χ1n) is 5.61. The number of hydrogen-bond acceptors (Lipinski definition) is 2. The molecule has 2 rings (SSSR count). The number of nitrogens with one attached hydrogen (secondary N) is 1. The Morgan fingerprint density at radius 2 is 1.84 bits per heavy atom. The highest BCUT2D eigenvalue weighted by molar-refractivity contribution is 14.1. The van der Waals surface area contributed by atoms with Crippen LogP contribution in [0.1, 0.15) is 5.56 Å². The predicted octanol–water partition coefficient (Wildman–Crippen LogP) is 5.44. The molecule has 0 spiro atoms. The molecule has 0 saturated carbocycles. The van der Waals surface area contributed by atoms with Gasteiger partial charge >= 0.3 is 0 Å². The van der Waals surface area contributed by atoms with Crippen molar-refractivity contribution < 1.29 is 4.74 Å². The van der Waals surface area contributed by atoms with Crippen molar-refractivity contribution in [3.63, 3.8) is 0 Å². The molecule has 0 heterocycles. The Morgan fingerprint density at radius 1 is 1.16 bits per heavy atom. The van der Waals surface area contributed by atoms with Gasteiger partial charge in [-0.1, -0.05) is 15.9 Å². The third-order valence-corrected chi connectivity index (χ3v) is 4.38. The molecule has 0 saturated heterocycles. The molecule has 2 nitrogen and oxygen atoms in total. The zero-order valence-electron chi connectivity index (χ0n) is 10.2. The van der Waals surface area contributed by atoms with Gasteiger partial charge < -0.3 is 10.1 Å². The lowest BCUT2D eigenvalue weighted by molar-refractivity contribution is 0.407. The lowest BCUT2D eigenvalue weighted by atomic mass is 10.2. The molecule has 1 N–H and O–H groups in total. The number of rotatable bonds is 4. The van der Waals surface area contributed by atoms with Crippen LogP contribution in [-0.4, -0.2) is 7.11 Å². The molecule has 0 aliphatic rings. The van der Waals surface area contributed by atoms with Crippen LogP contribution in [0, 0.1) is 3.57 Å². The van der Waals surface area contributed by atoms with Gasteiger partial charge in [-0.3, -0.25) is 0 Å². The van der Waals surface area contributed by atoms with Crippen LogP contribution in [0.2, 0.25) is 0 Å². The van der Waals surface area contributed by atoms with E-state index < -0.39 is 0 Å². The lowest BCUT2D eigenvalue weighted by Crippen LogP contribution is -2.02. The molecule has 0 fully saturated rings. The Kier molecular flexibility index (Phi) is 5.53. The van der Waals surface area contributed by atoms with Crippen molar-refractivity contribution in [2.24, 2.45) is 0 Å². The van der Waals surface area contributed by atoms with E-state index in [0.717, 1.165) is 25.9 Å². The molecule has 100 valence electrons. The van der Waals surface area contributed by atoms with E-state index >= 15 is 0 Å². The van der Waals surface area contributed by atoms with Gasteiger partial charge in [-0.2, -0.15) is 0 Å². The van der Waals surface area contributed by atoms with Crippen LogP contribution in [0.3, 0.4) is 0 Å². The Bertz CT molecular complexity index is 572. The van der Waals surface area contributed by atoms with Gasteiger partial charge in [0.15, 0.2) is 0 Å². The largest absolute Gasteiger partial charge is 0.495 e.